The lowest BCUT2D eigenvalue weighted by Crippen LogP contribution is -2.09. The third-order valence-electron chi connectivity index (χ3n) is 4.15. The Hall–Kier alpha value is -3.61. The summed E-state index contributed by atoms with van der Waals surface area (Å²) in [5.41, 5.74) is 1.77. The van der Waals surface area contributed by atoms with Crippen LogP contribution in [-0.4, -0.2) is 34.7 Å². The van der Waals surface area contributed by atoms with E-state index in [2.05, 4.69) is 20.6 Å². The van der Waals surface area contributed by atoms with Crippen LogP contribution in [0.3, 0.4) is 0 Å². The molecule has 3 rings (SSSR count). The van der Waals surface area contributed by atoms with Crippen LogP contribution in [0.5, 0.6) is 5.75 Å². The van der Waals surface area contributed by atoms with Gasteiger partial charge in [-0.05, 0) is 37.1 Å². The fourth-order valence-corrected chi connectivity index (χ4v) is 2.87. The Kier molecular flexibility index (Phi) is 6.06. The minimum atomic E-state index is -0.996. The maximum absolute atomic E-state index is 11.4. The van der Waals surface area contributed by atoms with Crippen molar-refractivity contribution in [3.8, 4) is 5.75 Å². The predicted molar refractivity (Wildman–Crippen MR) is 109 cm³/mol. The fourth-order valence-electron chi connectivity index (χ4n) is 2.87. The van der Waals surface area contributed by atoms with Crippen molar-refractivity contribution >= 4 is 23.3 Å². The maximum atomic E-state index is 11.4. The first-order valence-electron chi connectivity index (χ1n) is 8.87. The number of aromatic carboxylic acids is 1. The quantitative estimate of drug-likeness (QED) is 0.547. The van der Waals surface area contributed by atoms with E-state index in [9.17, 15) is 9.90 Å². The van der Waals surface area contributed by atoms with E-state index >= 15 is 0 Å². The molecule has 7 nitrogen and oxygen atoms in total. The van der Waals surface area contributed by atoms with Crippen LogP contribution in [0.1, 0.15) is 21.7 Å². The number of para-hydroxylation sites is 2. The highest BCUT2D eigenvalue weighted by atomic mass is 16.5. The lowest BCUT2D eigenvalue weighted by molar-refractivity contribution is 0.0698. The summed E-state index contributed by atoms with van der Waals surface area (Å²) in [7, 11) is 1.66. The van der Waals surface area contributed by atoms with Crippen LogP contribution >= 0.6 is 0 Å². The van der Waals surface area contributed by atoms with Gasteiger partial charge in [-0.25, -0.2) is 14.8 Å². The summed E-state index contributed by atoms with van der Waals surface area (Å²) >= 11 is 0. The second kappa shape index (κ2) is 8.85. The molecule has 0 saturated carbocycles. The van der Waals surface area contributed by atoms with Gasteiger partial charge in [-0.3, -0.25) is 0 Å². The van der Waals surface area contributed by atoms with Crippen molar-refractivity contribution < 1.29 is 14.6 Å². The average molecular weight is 378 g/mol. The van der Waals surface area contributed by atoms with Gasteiger partial charge in [0.15, 0.2) is 0 Å². The van der Waals surface area contributed by atoms with Crippen LogP contribution in [0.2, 0.25) is 0 Å². The van der Waals surface area contributed by atoms with E-state index in [1.165, 1.54) is 0 Å². The molecule has 0 aliphatic heterocycles. The number of anilines is 3. The molecule has 2 aromatic carbocycles. The van der Waals surface area contributed by atoms with Gasteiger partial charge in [-0.1, -0.05) is 30.3 Å². The third-order valence-corrected chi connectivity index (χ3v) is 4.15. The highest BCUT2D eigenvalue weighted by Crippen LogP contribution is 2.22. The van der Waals surface area contributed by atoms with Crippen molar-refractivity contribution in [1.29, 1.82) is 0 Å². The van der Waals surface area contributed by atoms with Crippen molar-refractivity contribution in [3.63, 3.8) is 0 Å². The molecule has 7 heteroatoms. The van der Waals surface area contributed by atoms with Crippen LogP contribution in [0.25, 0.3) is 0 Å². The molecule has 1 heterocycles. The lowest BCUT2D eigenvalue weighted by Gasteiger charge is -2.12. The minimum Gasteiger partial charge on any atom is -0.496 e. The van der Waals surface area contributed by atoms with Crippen LogP contribution in [0.15, 0.2) is 54.6 Å². The number of carboxylic acid groups (broad SMARTS) is 1. The van der Waals surface area contributed by atoms with E-state index in [0.717, 1.165) is 17.7 Å². The number of carboxylic acids is 1. The van der Waals surface area contributed by atoms with Gasteiger partial charge < -0.3 is 20.5 Å². The number of hydrogen-bond donors (Lipinski definition) is 3. The van der Waals surface area contributed by atoms with E-state index in [4.69, 9.17) is 4.74 Å². The lowest BCUT2D eigenvalue weighted by atomic mass is 10.1. The largest absolute Gasteiger partial charge is 0.496 e. The van der Waals surface area contributed by atoms with Crippen molar-refractivity contribution in [2.45, 2.75) is 13.3 Å². The van der Waals surface area contributed by atoms with Crippen LogP contribution in [0.4, 0.5) is 17.3 Å². The number of benzene rings is 2. The molecule has 0 aliphatic rings. The first kappa shape index (κ1) is 19.2. The first-order valence-corrected chi connectivity index (χ1v) is 8.87. The Labute approximate surface area is 163 Å². The van der Waals surface area contributed by atoms with Crippen LogP contribution in [0, 0.1) is 6.92 Å². The summed E-state index contributed by atoms with van der Waals surface area (Å²) in [4.78, 5) is 20.1. The van der Waals surface area contributed by atoms with Gasteiger partial charge in [0.05, 0.1) is 18.4 Å². The Morgan fingerprint density at radius 3 is 2.57 bits per heavy atom. The molecule has 0 unspecified atom stereocenters. The van der Waals surface area contributed by atoms with Crippen molar-refractivity contribution in [3.05, 3.63) is 71.5 Å². The van der Waals surface area contributed by atoms with Crippen molar-refractivity contribution in [1.82, 2.24) is 9.97 Å². The molecule has 3 aromatic rings. The van der Waals surface area contributed by atoms with E-state index < -0.39 is 5.97 Å². The van der Waals surface area contributed by atoms with Crippen LogP contribution in [-0.2, 0) is 6.42 Å². The molecule has 3 N–H and O–H groups in total. The first-order chi connectivity index (χ1) is 13.6. The normalized spacial score (nSPS) is 10.4. The summed E-state index contributed by atoms with van der Waals surface area (Å²) in [6.07, 6.45) is 0.775. The van der Waals surface area contributed by atoms with Crippen molar-refractivity contribution in [2.75, 3.05) is 24.3 Å². The molecule has 0 atom stereocenters. The van der Waals surface area contributed by atoms with Gasteiger partial charge in [0, 0.05) is 12.6 Å². The zero-order valence-electron chi connectivity index (χ0n) is 15.8. The number of nitrogens with one attached hydrogen (secondary N) is 2. The summed E-state index contributed by atoms with van der Waals surface area (Å²) in [5.74, 6) is 1.64. The smallest absolute Gasteiger partial charge is 0.337 e. The number of ether oxygens (including phenoxy) is 1. The van der Waals surface area contributed by atoms with Gasteiger partial charge in [-0.2, -0.15) is 0 Å². The van der Waals surface area contributed by atoms with E-state index in [0.29, 0.717) is 29.7 Å². The zero-order valence-corrected chi connectivity index (χ0v) is 15.8. The molecule has 0 bridgehead atoms. The number of carbonyl (C=O) groups is 1. The Morgan fingerprint density at radius 1 is 1.07 bits per heavy atom. The van der Waals surface area contributed by atoms with Crippen molar-refractivity contribution in [2.24, 2.45) is 0 Å². The van der Waals surface area contributed by atoms with Gasteiger partial charge in [0.2, 0.25) is 0 Å². The van der Waals surface area contributed by atoms with E-state index in [1.807, 2.05) is 24.3 Å². The molecule has 0 amide bonds. The second-order valence-electron chi connectivity index (χ2n) is 6.15. The number of methoxy groups -OCH3 is 1. The number of nitrogens with zero attached hydrogens (tertiary/aromatic N) is 2. The van der Waals surface area contributed by atoms with Crippen LogP contribution < -0.4 is 15.4 Å². The Balaban J connectivity index is 1.71. The molecule has 144 valence electrons. The number of rotatable bonds is 8. The molecule has 0 radical (unpaired) electrons. The van der Waals surface area contributed by atoms with E-state index in [-0.39, 0.29) is 5.56 Å². The molecular formula is C21H22N4O3. The Bertz CT molecular complexity index is 975. The summed E-state index contributed by atoms with van der Waals surface area (Å²) in [5, 5.41) is 15.7. The molecule has 1 aromatic heterocycles. The van der Waals surface area contributed by atoms with Gasteiger partial charge >= 0.3 is 5.97 Å². The highest BCUT2D eigenvalue weighted by Gasteiger charge is 2.10. The molecule has 0 saturated heterocycles. The zero-order chi connectivity index (χ0) is 19.9. The van der Waals surface area contributed by atoms with E-state index in [1.54, 1.807) is 44.4 Å². The minimum absolute atomic E-state index is 0.185. The summed E-state index contributed by atoms with van der Waals surface area (Å²) in [6.45, 7) is 2.46. The number of hydrogen-bond acceptors (Lipinski definition) is 6. The predicted octanol–water partition coefficient (Wildman–Crippen LogP) is 3.89. The fraction of sp³-hybridized carbons (Fsp3) is 0.190. The van der Waals surface area contributed by atoms with Gasteiger partial charge in [-0.15, -0.1) is 0 Å². The SMILES string of the molecule is COc1ccccc1CCNc1cc(Nc2ccccc2C(=O)O)nc(C)n1. The Morgan fingerprint density at radius 2 is 1.79 bits per heavy atom. The molecule has 0 aliphatic carbocycles. The maximum Gasteiger partial charge on any atom is 0.337 e. The summed E-state index contributed by atoms with van der Waals surface area (Å²) in [6, 6.07) is 16.4. The average Bonchev–Trinajstić information content (AvgIpc) is 2.68. The summed E-state index contributed by atoms with van der Waals surface area (Å²) < 4.78 is 5.37. The standard InChI is InChI=1S/C21H22N4O3/c1-14-23-19(22-12-11-15-7-3-6-10-18(15)28-2)13-20(24-14)25-17-9-5-4-8-16(17)21(26)27/h3-10,13H,11-12H2,1-2H3,(H,26,27)(H2,22,23,24,25). The monoisotopic (exact) mass is 378 g/mol. The molecule has 0 fully saturated rings. The topological polar surface area (TPSA) is 96.4 Å². The second-order valence-corrected chi connectivity index (χ2v) is 6.15. The van der Waals surface area contributed by atoms with Gasteiger partial charge in [0.1, 0.15) is 23.2 Å². The van der Waals surface area contributed by atoms with Gasteiger partial charge in [0.25, 0.3) is 0 Å². The molecule has 28 heavy (non-hydrogen) atoms. The molecule has 0 spiro atoms. The number of aryl methyl sites for hydroxylation is 1. The third kappa shape index (κ3) is 4.76. The highest BCUT2D eigenvalue weighted by molar-refractivity contribution is 5.95. The molecular weight excluding hydrogens is 356 g/mol. The number of aromatic nitrogens is 2.